The first kappa shape index (κ1) is 16.4. The van der Waals surface area contributed by atoms with E-state index in [2.05, 4.69) is 10.1 Å². The number of nitrogens with one attached hydrogen (secondary N) is 1. The highest BCUT2D eigenvalue weighted by Gasteiger charge is 2.25. The van der Waals surface area contributed by atoms with Crippen LogP contribution in [0.15, 0.2) is 35.5 Å². The number of aromatic nitrogens is 3. The van der Waals surface area contributed by atoms with Crippen LogP contribution in [0.3, 0.4) is 0 Å². The molecule has 0 aliphatic rings. The number of anilines is 1. The third kappa shape index (κ3) is 2.74. The Labute approximate surface area is 139 Å². The molecule has 0 bridgehead atoms. The van der Waals surface area contributed by atoms with Gasteiger partial charge in [0.05, 0.1) is 7.11 Å². The molecule has 0 radical (unpaired) electrons. The van der Waals surface area contributed by atoms with Crippen LogP contribution in [0.1, 0.15) is 0 Å². The van der Waals surface area contributed by atoms with Gasteiger partial charge in [-0.1, -0.05) is 17.7 Å². The number of sulfonamides is 1. The molecule has 3 rings (SSSR count). The Bertz CT molecular complexity index is 1020. The molecule has 1 N–H and O–H groups in total. The van der Waals surface area contributed by atoms with Crippen molar-refractivity contribution >= 4 is 33.0 Å². The van der Waals surface area contributed by atoms with Gasteiger partial charge < -0.3 is 4.74 Å². The lowest BCUT2D eigenvalue weighted by molar-refractivity contribution is 0.416. The third-order valence-corrected chi connectivity index (χ3v) is 4.45. The lowest BCUT2D eigenvalue weighted by Crippen LogP contribution is -2.16. The summed E-state index contributed by atoms with van der Waals surface area (Å²) in [7, 11) is -3.09. The van der Waals surface area contributed by atoms with E-state index in [1.165, 1.54) is 19.2 Å². The topological polar surface area (TPSA) is 85.6 Å². The second-order valence-electron chi connectivity index (χ2n) is 4.56. The maximum absolute atomic E-state index is 13.6. The first-order valence-corrected chi connectivity index (χ1v) is 8.25. The highest BCUT2D eigenvalue weighted by molar-refractivity contribution is 7.92. The Kier molecular flexibility index (Phi) is 4.01. The largest absolute Gasteiger partial charge is 0.493 e. The van der Waals surface area contributed by atoms with Gasteiger partial charge in [0.2, 0.25) is 0 Å². The third-order valence-electron chi connectivity index (χ3n) is 3.04. The van der Waals surface area contributed by atoms with E-state index in [9.17, 15) is 17.2 Å². The Morgan fingerprint density at radius 1 is 1.21 bits per heavy atom. The zero-order valence-corrected chi connectivity index (χ0v) is 13.6. The van der Waals surface area contributed by atoms with Crippen molar-refractivity contribution < 1.29 is 21.9 Å². The summed E-state index contributed by atoms with van der Waals surface area (Å²) in [4.78, 5) is 3.82. The van der Waals surface area contributed by atoms with Gasteiger partial charge in [0.25, 0.3) is 15.2 Å². The van der Waals surface area contributed by atoms with Crippen molar-refractivity contribution in [1.29, 1.82) is 0 Å². The zero-order chi connectivity index (χ0) is 17.5. The molecule has 0 aliphatic carbocycles. The van der Waals surface area contributed by atoms with E-state index in [1.54, 1.807) is 4.72 Å². The molecule has 0 atom stereocenters. The normalized spacial score (nSPS) is 11.7. The zero-order valence-electron chi connectivity index (χ0n) is 12.0. The van der Waals surface area contributed by atoms with Crippen LogP contribution in [0.4, 0.5) is 14.5 Å². The first-order chi connectivity index (χ1) is 11.3. The quantitative estimate of drug-likeness (QED) is 0.709. The van der Waals surface area contributed by atoms with Gasteiger partial charge in [-0.3, -0.25) is 4.72 Å². The molecule has 7 nitrogen and oxygen atoms in total. The average molecular weight is 375 g/mol. The van der Waals surface area contributed by atoms with E-state index in [4.69, 9.17) is 16.3 Å². The highest BCUT2D eigenvalue weighted by atomic mass is 35.5. The van der Waals surface area contributed by atoms with Gasteiger partial charge in [-0.05, 0) is 24.3 Å². The number of halogens is 3. The summed E-state index contributed by atoms with van der Waals surface area (Å²) in [5.74, 6) is -1.92. The van der Waals surface area contributed by atoms with Crippen molar-refractivity contribution in [3.05, 3.63) is 47.1 Å². The molecule has 24 heavy (non-hydrogen) atoms. The number of hydrogen-bond acceptors (Lipinski definition) is 5. The number of pyridine rings is 1. The maximum Gasteiger partial charge on any atom is 0.299 e. The number of rotatable bonds is 4. The van der Waals surface area contributed by atoms with Crippen molar-refractivity contribution in [3.63, 3.8) is 0 Å². The Balaban J connectivity index is 2.11. The van der Waals surface area contributed by atoms with Crippen LogP contribution in [-0.4, -0.2) is 30.1 Å². The van der Waals surface area contributed by atoms with E-state index in [0.717, 1.165) is 22.7 Å². The molecule has 3 aromatic rings. The van der Waals surface area contributed by atoms with E-state index in [-0.39, 0.29) is 16.5 Å². The van der Waals surface area contributed by atoms with Gasteiger partial charge in [0.15, 0.2) is 11.4 Å². The molecule has 0 saturated heterocycles. The molecule has 0 saturated carbocycles. The molecule has 2 aromatic heterocycles. The summed E-state index contributed by atoms with van der Waals surface area (Å²) in [5, 5.41) is 3.12. The lowest BCUT2D eigenvalue weighted by atomic mass is 10.3. The number of hydrogen-bond donors (Lipinski definition) is 1. The van der Waals surface area contributed by atoms with Crippen LogP contribution in [0.25, 0.3) is 5.65 Å². The van der Waals surface area contributed by atoms with Crippen LogP contribution >= 0.6 is 11.6 Å². The minimum atomic E-state index is -4.45. The first-order valence-electron chi connectivity index (χ1n) is 6.39. The summed E-state index contributed by atoms with van der Waals surface area (Å²) in [6, 6.07) is 5.85. The van der Waals surface area contributed by atoms with Crippen LogP contribution in [0.5, 0.6) is 5.75 Å². The number of nitrogens with zero attached hydrogens (tertiary/aromatic N) is 3. The second kappa shape index (κ2) is 5.87. The van der Waals surface area contributed by atoms with Gasteiger partial charge in [-0.25, -0.2) is 8.78 Å². The predicted molar refractivity (Wildman–Crippen MR) is 81.7 cm³/mol. The Morgan fingerprint density at radius 2 is 1.88 bits per heavy atom. The van der Waals surface area contributed by atoms with Gasteiger partial charge in [-0.15, -0.1) is 5.10 Å². The van der Waals surface area contributed by atoms with Gasteiger partial charge in [0, 0.05) is 0 Å². The summed E-state index contributed by atoms with van der Waals surface area (Å²) < 4.78 is 59.8. The van der Waals surface area contributed by atoms with Crippen molar-refractivity contribution in [2.75, 3.05) is 11.8 Å². The predicted octanol–water partition coefficient (Wildman–Crippen LogP) is 2.47. The highest BCUT2D eigenvalue weighted by Crippen LogP contribution is 2.25. The summed E-state index contributed by atoms with van der Waals surface area (Å²) in [5.41, 5.74) is -0.784. The standard InChI is InChI=1S/C13H9ClF2N4O3S/c1-23-9-5-6-10(14)20-12(9)17-13(18-20)24(21,22)19-11-7(15)3-2-4-8(11)16/h2-6,19H,1H3. The Morgan fingerprint density at radius 3 is 2.50 bits per heavy atom. The van der Waals surface area contributed by atoms with E-state index >= 15 is 0 Å². The van der Waals surface area contributed by atoms with Gasteiger partial charge >= 0.3 is 0 Å². The fraction of sp³-hybridized carbons (Fsp3) is 0.0769. The molecule has 1 aromatic carbocycles. The van der Waals surface area contributed by atoms with Crippen LogP contribution < -0.4 is 9.46 Å². The van der Waals surface area contributed by atoms with Crippen LogP contribution in [0.2, 0.25) is 5.15 Å². The number of para-hydroxylation sites is 1. The molecule has 0 spiro atoms. The van der Waals surface area contributed by atoms with E-state index < -0.39 is 32.5 Å². The molecule has 0 fully saturated rings. The van der Waals surface area contributed by atoms with Crippen LogP contribution in [0, 0.1) is 11.6 Å². The molecule has 0 unspecified atom stereocenters. The maximum atomic E-state index is 13.6. The number of ether oxygens (including phenoxy) is 1. The molecule has 11 heteroatoms. The number of fused-ring (bicyclic) bond motifs is 1. The van der Waals surface area contributed by atoms with Crippen molar-refractivity contribution in [2.45, 2.75) is 5.16 Å². The summed E-state index contributed by atoms with van der Waals surface area (Å²) in [6.45, 7) is 0. The molecular formula is C13H9ClF2N4O3S. The van der Waals surface area contributed by atoms with E-state index in [0.29, 0.717) is 0 Å². The van der Waals surface area contributed by atoms with Gasteiger partial charge in [0.1, 0.15) is 22.5 Å². The number of methoxy groups -OCH3 is 1. The van der Waals surface area contributed by atoms with Crippen molar-refractivity contribution in [1.82, 2.24) is 14.6 Å². The number of benzene rings is 1. The molecule has 0 amide bonds. The van der Waals surface area contributed by atoms with Crippen molar-refractivity contribution in [2.24, 2.45) is 0 Å². The minimum Gasteiger partial charge on any atom is -0.493 e. The molecule has 0 aliphatic heterocycles. The minimum absolute atomic E-state index is 0.0411. The van der Waals surface area contributed by atoms with Gasteiger partial charge in [-0.2, -0.15) is 17.9 Å². The van der Waals surface area contributed by atoms with E-state index in [1.807, 2.05) is 0 Å². The van der Waals surface area contributed by atoms with Crippen LogP contribution in [-0.2, 0) is 10.0 Å². The smallest absolute Gasteiger partial charge is 0.299 e. The summed E-state index contributed by atoms with van der Waals surface area (Å²) in [6.07, 6.45) is 0. The molecule has 2 heterocycles. The average Bonchev–Trinajstić information content (AvgIpc) is 2.99. The Hall–Kier alpha value is -2.46. The second-order valence-corrected chi connectivity index (χ2v) is 6.52. The molecular weight excluding hydrogens is 366 g/mol. The SMILES string of the molecule is COc1ccc(Cl)n2nc(S(=O)(=O)Nc3c(F)cccc3F)nc12. The van der Waals surface area contributed by atoms with Crippen molar-refractivity contribution in [3.8, 4) is 5.75 Å². The summed E-state index contributed by atoms with van der Waals surface area (Å²) >= 11 is 5.93. The fourth-order valence-corrected chi connectivity index (χ4v) is 3.07. The lowest BCUT2D eigenvalue weighted by Gasteiger charge is -2.06. The fourth-order valence-electron chi connectivity index (χ4n) is 1.94. The monoisotopic (exact) mass is 374 g/mol. The molecule has 126 valence electrons.